The number of carbonyl (C=O) groups excluding carboxylic acids is 1. The van der Waals surface area contributed by atoms with Gasteiger partial charge < -0.3 is 19.0 Å². The Kier molecular flexibility index (Phi) is 3.78. The minimum absolute atomic E-state index is 0.201. The van der Waals surface area contributed by atoms with Gasteiger partial charge in [0.1, 0.15) is 11.2 Å². The van der Waals surface area contributed by atoms with E-state index in [1.807, 2.05) is 0 Å². The van der Waals surface area contributed by atoms with E-state index in [-0.39, 0.29) is 29.0 Å². The molecule has 108 valence electrons. The molecule has 0 spiro atoms. The lowest BCUT2D eigenvalue weighted by Crippen LogP contribution is -2.11. The van der Waals surface area contributed by atoms with Crippen LogP contribution in [-0.2, 0) is 11.8 Å². The zero-order valence-electron chi connectivity index (χ0n) is 11.9. The first-order valence-electron chi connectivity index (χ1n) is 6.40. The molecule has 0 amide bonds. The number of aryl methyl sites for hydroxylation is 2. The fraction of sp³-hybridized carbons (Fsp3) is 0.462. The number of H-pyrrole nitrogens is 1. The third kappa shape index (κ3) is 2.15. The molecule has 20 heavy (non-hydrogen) atoms. The lowest BCUT2D eigenvalue weighted by atomic mass is 10.3. The minimum atomic E-state index is -0.534. The molecule has 0 aliphatic heterocycles. The van der Waals surface area contributed by atoms with Crippen molar-refractivity contribution in [1.82, 2.24) is 14.5 Å². The molecule has 0 aromatic carbocycles. The van der Waals surface area contributed by atoms with Crippen LogP contribution in [0.15, 0.2) is 4.79 Å². The van der Waals surface area contributed by atoms with Gasteiger partial charge in [0.25, 0.3) is 5.56 Å². The summed E-state index contributed by atoms with van der Waals surface area (Å²) in [7, 11) is 1.66. The molecular formula is C13H17N3O4. The maximum Gasteiger partial charge on any atom is 0.358 e. The highest BCUT2D eigenvalue weighted by Gasteiger charge is 2.26. The highest BCUT2D eigenvalue weighted by atomic mass is 16.5. The van der Waals surface area contributed by atoms with Gasteiger partial charge in [-0.1, -0.05) is 0 Å². The Morgan fingerprint density at radius 2 is 2.05 bits per heavy atom. The summed E-state index contributed by atoms with van der Waals surface area (Å²) in [6, 6.07) is 0. The second kappa shape index (κ2) is 5.36. The third-order valence-electron chi connectivity index (χ3n) is 2.87. The van der Waals surface area contributed by atoms with Crippen molar-refractivity contribution in [2.24, 2.45) is 7.05 Å². The van der Waals surface area contributed by atoms with Gasteiger partial charge in [-0.3, -0.25) is 4.79 Å². The number of fused-ring (bicyclic) bond motifs is 1. The normalized spacial score (nSPS) is 10.8. The second-order valence-electron chi connectivity index (χ2n) is 4.24. The van der Waals surface area contributed by atoms with Gasteiger partial charge in [-0.15, -0.1) is 0 Å². The SMILES string of the molecule is CCOC(=O)c1c(OCC)c2c(=O)[nH]c(C)nc2n1C. The number of aromatic amines is 1. The average molecular weight is 279 g/mol. The minimum Gasteiger partial charge on any atom is -0.490 e. The highest BCUT2D eigenvalue weighted by Crippen LogP contribution is 2.29. The summed E-state index contributed by atoms with van der Waals surface area (Å²) >= 11 is 0. The predicted molar refractivity (Wildman–Crippen MR) is 73.2 cm³/mol. The molecule has 0 aliphatic carbocycles. The van der Waals surface area contributed by atoms with Gasteiger partial charge in [0, 0.05) is 7.05 Å². The maximum atomic E-state index is 12.1. The molecule has 0 radical (unpaired) electrons. The summed E-state index contributed by atoms with van der Waals surface area (Å²) < 4.78 is 12.0. The number of ether oxygens (including phenoxy) is 2. The number of hydrogen-bond donors (Lipinski definition) is 1. The smallest absolute Gasteiger partial charge is 0.358 e. The summed E-state index contributed by atoms with van der Waals surface area (Å²) in [5, 5.41) is 0.267. The largest absolute Gasteiger partial charge is 0.490 e. The fourth-order valence-corrected chi connectivity index (χ4v) is 2.11. The van der Waals surface area contributed by atoms with Crippen molar-refractivity contribution in [2.75, 3.05) is 13.2 Å². The van der Waals surface area contributed by atoms with Crippen molar-refractivity contribution in [3.05, 3.63) is 21.9 Å². The molecule has 0 saturated heterocycles. The molecule has 2 aromatic rings. The monoisotopic (exact) mass is 279 g/mol. The Balaban J connectivity index is 2.82. The van der Waals surface area contributed by atoms with Crippen molar-refractivity contribution in [3.63, 3.8) is 0 Å². The standard InChI is InChI=1S/C13H17N3O4/c1-5-19-10-8-11(14-7(3)15-12(8)17)16(4)9(10)13(18)20-6-2/h5-6H2,1-4H3,(H,14,15,17). The van der Waals surface area contributed by atoms with E-state index in [1.165, 1.54) is 4.57 Å². The predicted octanol–water partition coefficient (Wildman–Crippen LogP) is 1.15. The van der Waals surface area contributed by atoms with Crippen LogP contribution in [0.2, 0.25) is 0 Å². The molecular weight excluding hydrogens is 262 g/mol. The summed E-state index contributed by atoms with van der Waals surface area (Å²) in [5.41, 5.74) is 0.271. The number of hydrogen-bond acceptors (Lipinski definition) is 5. The Hall–Kier alpha value is -2.31. The third-order valence-corrected chi connectivity index (χ3v) is 2.87. The summed E-state index contributed by atoms with van der Waals surface area (Å²) in [5.74, 6) is 0.160. The second-order valence-corrected chi connectivity index (χ2v) is 4.24. The lowest BCUT2D eigenvalue weighted by molar-refractivity contribution is 0.0511. The van der Waals surface area contributed by atoms with Crippen molar-refractivity contribution < 1.29 is 14.3 Å². The van der Waals surface area contributed by atoms with Gasteiger partial charge in [-0.25, -0.2) is 9.78 Å². The van der Waals surface area contributed by atoms with Gasteiger partial charge in [0.05, 0.1) is 13.2 Å². The first kappa shape index (κ1) is 14.1. The Morgan fingerprint density at radius 3 is 2.65 bits per heavy atom. The summed E-state index contributed by atoms with van der Waals surface area (Å²) in [6.45, 7) is 5.76. The first-order valence-corrected chi connectivity index (χ1v) is 6.40. The molecule has 2 rings (SSSR count). The Morgan fingerprint density at radius 1 is 1.35 bits per heavy atom. The highest BCUT2D eigenvalue weighted by molar-refractivity contribution is 6.00. The van der Waals surface area contributed by atoms with Crippen LogP contribution in [-0.4, -0.2) is 33.7 Å². The molecule has 0 atom stereocenters. The van der Waals surface area contributed by atoms with E-state index in [1.54, 1.807) is 27.8 Å². The number of esters is 1. The number of nitrogens with zero attached hydrogens (tertiary/aromatic N) is 2. The van der Waals surface area contributed by atoms with Crippen LogP contribution in [0.5, 0.6) is 5.75 Å². The van der Waals surface area contributed by atoms with Crippen molar-refractivity contribution in [1.29, 1.82) is 0 Å². The average Bonchev–Trinajstić information content (AvgIpc) is 2.64. The van der Waals surface area contributed by atoms with E-state index < -0.39 is 5.97 Å². The van der Waals surface area contributed by atoms with Crippen molar-refractivity contribution >= 4 is 17.0 Å². The van der Waals surface area contributed by atoms with Crippen LogP contribution in [0.3, 0.4) is 0 Å². The van der Waals surface area contributed by atoms with Crippen molar-refractivity contribution in [3.8, 4) is 5.75 Å². The van der Waals surface area contributed by atoms with E-state index in [0.717, 1.165) is 0 Å². The summed E-state index contributed by atoms with van der Waals surface area (Å²) in [4.78, 5) is 31.0. The Bertz CT molecular complexity index is 714. The van der Waals surface area contributed by atoms with Gasteiger partial charge in [-0.2, -0.15) is 0 Å². The zero-order valence-corrected chi connectivity index (χ0v) is 11.9. The molecule has 2 aromatic heterocycles. The van der Waals surface area contributed by atoms with E-state index in [2.05, 4.69) is 9.97 Å². The number of nitrogens with one attached hydrogen (secondary N) is 1. The van der Waals surface area contributed by atoms with Crippen LogP contribution >= 0.6 is 0 Å². The molecule has 0 bridgehead atoms. The topological polar surface area (TPSA) is 86.2 Å². The maximum absolute atomic E-state index is 12.1. The zero-order chi connectivity index (χ0) is 14.9. The number of carbonyl (C=O) groups is 1. The number of rotatable bonds is 4. The van der Waals surface area contributed by atoms with Gasteiger partial charge >= 0.3 is 5.97 Å². The van der Waals surface area contributed by atoms with Gasteiger partial charge in [0.2, 0.25) is 0 Å². The van der Waals surface area contributed by atoms with E-state index in [4.69, 9.17) is 9.47 Å². The van der Waals surface area contributed by atoms with Crippen LogP contribution < -0.4 is 10.3 Å². The molecule has 7 nitrogen and oxygen atoms in total. The van der Waals surface area contributed by atoms with E-state index in [0.29, 0.717) is 18.1 Å². The molecule has 2 heterocycles. The molecule has 7 heteroatoms. The molecule has 0 saturated carbocycles. The van der Waals surface area contributed by atoms with Crippen LogP contribution in [0.1, 0.15) is 30.2 Å². The molecule has 0 aliphatic rings. The van der Waals surface area contributed by atoms with E-state index in [9.17, 15) is 9.59 Å². The van der Waals surface area contributed by atoms with Gasteiger partial charge in [0.15, 0.2) is 17.1 Å². The Labute approximate surface area is 115 Å². The fourth-order valence-electron chi connectivity index (χ4n) is 2.11. The van der Waals surface area contributed by atoms with E-state index >= 15 is 0 Å². The van der Waals surface area contributed by atoms with Crippen LogP contribution in [0, 0.1) is 6.92 Å². The quantitative estimate of drug-likeness (QED) is 0.848. The van der Waals surface area contributed by atoms with Gasteiger partial charge in [-0.05, 0) is 20.8 Å². The first-order chi connectivity index (χ1) is 9.51. The summed E-state index contributed by atoms with van der Waals surface area (Å²) in [6.07, 6.45) is 0. The lowest BCUT2D eigenvalue weighted by Gasteiger charge is -2.06. The molecule has 0 fully saturated rings. The number of aromatic nitrogens is 3. The van der Waals surface area contributed by atoms with Crippen LogP contribution in [0.25, 0.3) is 11.0 Å². The van der Waals surface area contributed by atoms with Crippen molar-refractivity contribution in [2.45, 2.75) is 20.8 Å². The molecule has 1 N–H and O–H groups in total. The van der Waals surface area contributed by atoms with Crippen LogP contribution in [0.4, 0.5) is 0 Å². The molecule has 0 unspecified atom stereocenters.